The molecular formula is C17H16BrNO4S. The van der Waals surface area contributed by atoms with E-state index in [9.17, 15) is 8.42 Å². The first-order valence-electron chi connectivity index (χ1n) is 6.93. The van der Waals surface area contributed by atoms with Crippen molar-refractivity contribution in [3.05, 3.63) is 63.4 Å². The van der Waals surface area contributed by atoms with Crippen molar-refractivity contribution < 1.29 is 17.9 Å². The Bertz CT molecular complexity index is 886. The number of benzene rings is 2. The summed E-state index contributed by atoms with van der Waals surface area (Å²) in [4.78, 5) is 3.46. The molecule has 0 saturated heterocycles. The molecule has 1 unspecified atom stereocenters. The third-order valence-electron chi connectivity index (χ3n) is 3.50. The van der Waals surface area contributed by atoms with E-state index in [0.717, 1.165) is 5.56 Å². The van der Waals surface area contributed by atoms with E-state index in [1.165, 1.54) is 32.4 Å². The Morgan fingerprint density at radius 1 is 1.12 bits per heavy atom. The van der Waals surface area contributed by atoms with Gasteiger partial charge in [0.2, 0.25) is 0 Å². The standard InChI is InChI=1S/C17H16BrNO4S/c1-11-5-7-13(8-6-11)24(20,21)17(19-2)12-9-14(18)16(23-4)15(10-12)22-3/h5-10,17H,1,3-4H3. The highest BCUT2D eigenvalue weighted by molar-refractivity contribution is 9.10. The molecule has 2 aromatic carbocycles. The van der Waals surface area contributed by atoms with E-state index < -0.39 is 15.2 Å². The summed E-state index contributed by atoms with van der Waals surface area (Å²) in [5, 5.41) is -1.36. The molecule has 7 heteroatoms. The molecule has 0 aromatic heterocycles. The molecule has 0 fully saturated rings. The highest BCUT2D eigenvalue weighted by Crippen LogP contribution is 2.40. The van der Waals surface area contributed by atoms with Gasteiger partial charge in [0.1, 0.15) is 0 Å². The van der Waals surface area contributed by atoms with Crippen molar-refractivity contribution in [3.8, 4) is 11.5 Å². The Kier molecular flexibility index (Phi) is 5.52. The van der Waals surface area contributed by atoms with Crippen LogP contribution >= 0.6 is 15.9 Å². The second kappa shape index (κ2) is 7.24. The molecule has 1 atom stereocenters. The molecule has 5 nitrogen and oxygen atoms in total. The van der Waals surface area contributed by atoms with Crippen LogP contribution in [0, 0.1) is 13.5 Å². The van der Waals surface area contributed by atoms with E-state index in [4.69, 9.17) is 16.0 Å². The van der Waals surface area contributed by atoms with Gasteiger partial charge in [-0.3, -0.25) is 4.85 Å². The molecule has 0 aliphatic rings. The second-order valence-corrected chi connectivity index (χ2v) is 7.94. The first-order valence-corrected chi connectivity index (χ1v) is 9.27. The summed E-state index contributed by atoms with van der Waals surface area (Å²) >= 11 is 3.33. The smallest absolute Gasteiger partial charge is 0.350 e. The normalized spacial score (nSPS) is 12.3. The van der Waals surface area contributed by atoms with Crippen molar-refractivity contribution in [2.45, 2.75) is 17.2 Å². The Hall–Kier alpha value is -2.04. The number of hydrogen-bond donors (Lipinski definition) is 0. The lowest BCUT2D eigenvalue weighted by Gasteiger charge is -2.13. The van der Waals surface area contributed by atoms with Crippen LogP contribution in [0.25, 0.3) is 4.85 Å². The highest BCUT2D eigenvalue weighted by Gasteiger charge is 2.35. The van der Waals surface area contributed by atoms with Crippen LogP contribution in [0.2, 0.25) is 0 Å². The fourth-order valence-electron chi connectivity index (χ4n) is 2.26. The molecule has 0 saturated carbocycles. The Morgan fingerprint density at radius 3 is 2.25 bits per heavy atom. The predicted octanol–water partition coefficient (Wildman–Crippen LogP) is 4.17. The predicted molar refractivity (Wildman–Crippen MR) is 95.0 cm³/mol. The number of methoxy groups -OCH3 is 2. The number of halogens is 1. The van der Waals surface area contributed by atoms with E-state index in [0.29, 0.717) is 21.5 Å². The maximum absolute atomic E-state index is 12.8. The zero-order valence-corrected chi connectivity index (χ0v) is 15.8. The van der Waals surface area contributed by atoms with Gasteiger partial charge in [-0.2, -0.15) is 0 Å². The number of hydrogen-bond acceptors (Lipinski definition) is 4. The van der Waals surface area contributed by atoms with Gasteiger partial charge in [-0.05, 0) is 47.1 Å². The molecule has 2 aromatic rings. The van der Waals surface area contributed by atoms with Crippen LogP contribution in [-0.4, -0.2) is 22.6 Å². The van der Waals surface area contributed by atoms with Crippen LogP contribution in [0.4, 0.5) is 0 Å². The van der Waals surface area contributed by atoms with Crippen LogP contribution in [-0.2, 0) is 9.84 Å². The molecule has 24 heavy (non-hydrogen) atoms. The quantitative estimate of drug-likeness (QED) is 0.695. The summed E-state index contributed by atoms with van der Waals surface area (Å²) in [5.74, 6) is 0.798. The fourth-order valence-corrected chi connectivity index (χ4v) is 4.29. The van der Waals surface area contributed by atoms with E-state index in [1.807, 2.05) is 6.92 Å². The lowest BCUT2D eigenvalue weighted by molar-refractivity contribution is 0.352. The number of nitrogens with zero attached hydrogens (tertiary/aromatic N) is 1. The van der Waals surface area contributed by atoms with Crippen molar-refractivity contribution in [1.29, 1.82) is 0 Å². The summed E-state index contributed by atoms with van der Waals surface area (Å²) in [6.45, 7) is 9.27. The van der Waals surface area contributed by atoms with E-state index in [2.05, 4.69) is 20.8 Å². The number of sulfone groups is 1. The summed E-state index contributed by atoms with van der Waals surface area (Å²) < 4.78 is 36.7. The van der Waals surface area contributed by atoms with Gasteiger partial charge >= 0.3 is 5.37 Å². The molecule has 2 rings (SSSR count). The molecule has 0 bridgehead atoms. The van der Waals surface area contributed by atoms with Gasteiger partial charge in [0.25, 0.3) is 9.84 Å². The number of aryl methyl sites for hydroxylation is 1. The van der Waals surface area contributed by atoms with Crippen LogP contribution < -0.4 is 9.47 Å². The first kappa shape index (κ1) is 18.3. The van der Waals surface area contributed by atoms with Gasteiger partial charge < -0.3 is 9.47 Å². The maximum Gasteiger partial charge on any atom is 0.350 e. The molecule has 0 amide bonds. The molecular weight excluding hydrogens is 394 g/mol. The van der Waals surface area contributed by atoms with Crippen molar-refractivity contribution in [3.63, 3.8) is 0 Å². The Morgan fingerprint density at radius 2 is 1.75 bits per heavy atom. The van der Waals surface area contributed by atoms with Crippen molar-refractivity contribution >= 4 is 25.8 Å². The zero-order valence-electron chi connectivity index (χ0n) is 13.4. The van der Waals surface area contributed by atoms with Crippen molar-refractivity contribution in [1.82, 2.24) is 0 Å². The topological polar surface area (TPSA) is 57.0 Å². The van der Waals surface area contributed by atoms with Gasteiger partial charge in [-0.1, -0.05) is 17.7 Å². The molecule has 0 heterocycles. The molecule has 126 valence electrons. The summed E-state index contributed by atoms with van der Waals surface area (Å²) in [7, 11) is -0.916. The monoisotopic (exact) mass is 409 g/mol. The number of ether oxygens (including phenoxy) is 2. The fraction of sp³-hybridized carbons (Fsp3) is 0.235. The van der Waals surface area contributed by atoms with Gasteiger partial charge in [0.15, 0.2) is 11.5 Å². The third-order valence-corrected chi connectivity index (χ3v) is 5.99. The largest absolute Gasteiger partial charge is 0.493 e. The average Bonchev–Trinajstić information content (AvgIpc) is 2.55. The minimum atomic E-state index is -3.85. The van der Waals surface area contributed by atoms with Crippen LogP contribution in [0.15, 0.2) is 45.8 Å². The first-order chi connectivity index (χ1) is 11.3. The van der Waals surface area contributed by atoms with Crippen LogP contribution in [0.5, 0.6) is 11.5 Å². The molecule has 0 N–H and O–H groups in total. The van der Waals surface area contributed by atoms with Gasteiger partial charge in [0, 0.05) is 0 Å². The summed E-state index contributed by atoms with van der Waals surface area (Å²) in [6, 6.07) is 9.52. The number of rotatable bonds is 5. The van der Waals surface area contributed by atoms with E-state index in [1.54, 1.807) is 18.2 Å². The van der Waals surface area contributed by atoms with E-state index in [-0.39, 0.29) is 4.90 Å². The second-order valence-electron chi connectivity index (χ2n) is 5.08. The van der Waals surface area contributed by atoms with Gasteiger partial charge in [0.05, 0.1) is 29.2 Å². The van der Waals surface area contributed by atoms with Crippen molar-refractivity contribution in [2.24, 2.45) is 0 Å². The SMILES string of the molecule is [C-]#[N+]C(c1cc(Br)c(OC)c(OC)c1)S(=O)(=O)c1ccc(C)cc1. The molecule has 0 spiro atoms. The maximum atomic E-state index is 12.8. The third kappa shape index (κ3) is 3.40. The van der Waals surface area contributed by atoms with Gasteiger partial charge in [-0.25, -0.2) is 15.0 Å². The minimum Gasteiger partial charge on any atom is -0.493 e. The van der Waals surface area contributed by atoms with Gasteiger partial charge in [-0.15, -0.1) is 0 Å². The minimum absolute atomic E-state index is 0.111. The van der Waals surface area contributed by atoms with Crippen LogP contribution in [0.3, 0.4) is 0 Å². The Balaban J connectivity index is 2.58. The zero-order chi connectivity index (χ0) is 17.9. The molecule has 0 aliphatic heterocycles. The van der Waals surface area contributed by atoms with Crippen LogP contribution in [0.1, 0.15) is 16.5 Å². The average molecular weight is 410 g/mol. The summed E-state index contributed by atoms with van der Waals surface area (Å²) in [5.41, 5.74) is 1.26. The highest BCUT2D eigenvalue weighted by atomic mass is 79.9. The molecule has 0 radical (unpaired) electrons. The Labute approximate surface area is 150 Å². The summed E-state index contributed by atoms with van der Waals surface area (Å²) in [6.07, 6.45) is 0. The lowest BCUT2D eigenvalue weighted by Crippen LogP contribution is -2.11. The lowest BCUT2D eigenvalue weighted by atomic mass is 10.2. The molecule has 0 aliphatic carbocycles. The van der Waals surface area contributed by atoms with Crippen molar-refractivity contribution in [2.75, 3.05) is 14.2 Å². The van der Waals surface area contributed by atoms with E-state index >= 15 is 0 Å².